The van der Waals surface area contributed by atoms with Crippen LogP contribution in [0.5, 0.6) is 0 Å². The van der Waals surface area contributed by atoms with Gasteiger partial charge >= 0.3 is 0 Å². The summed E-state index contributed by atoms with van der Waals surface area (Å²) in [5, 5.41) is 1.28. The number of aromatic nitrogens is 3. The number of pyridine rings is 1. The lowest BCUT2D eigenvalue weighted by atomic mass is 10.2. The van der Waals surface area contributed by atoms with Crippen molar-refractivity contribution in [2.45, 2.75) is 0 Å². The second-order valence-electron chi connectivity index (χ2n) is 3.74. The van der Waals surface area contributed by atoms with E-state index in [1.54, 1.807) is 12.4 Å². The van der Waals surface area contributed by atoms with Gasteiger partial charge in [0.15, 0.2) is 11.0 Å². The van der Waals surface area contributed by atoms with Crippen LogP contribution in [0.15, 0.2) is 47.2 Å². The summed E-state index contributed by atoms with van der Waals surface area (Å²) < 4.78 is 0.987. The smallest absolute Gasteiger partial charge is 0.159 e. The summed E-state index contributed by atoms with van der Waals surface area (Å²) in [4.78, 5) is 12.8. The highest BCUT2D eigenvalue weighted by Gasteiger charge is 2.06. The number of hydrogen-bond donors (Lipinski definition) is 0. The third-order valence-electron chi connectivity index (χ3n) is 2.54. The van der Waals surface area contributed by atoms with E-state index in [1.807, 2.05) is 30.3 Å². The van der Waals surface area contributed by atoms with E-state index in [9.17, 15) is 0 Å². The molecule has 5 heteroatoms. The van der Waals surface area contributed by atoms with Gasteiger partial charge in [-0.1, -0.05) is 39.7 Å². The summed E-state index contributed by atoms with van der Waals surface area (Å²) in [5.41, 5.74) is 1.61. The minimum Gasteiger partial charge on any atom is -0.242 e. The van der Waals surface area contributed by atoms with Crippen molar-refractivity contribution in [3.05, 3.63) is 52.4 Å². The molecular weight excluding hydrogens is 314 g/mol. The molecule has 0 saturated heterocycles. The van der Waals surface area contributed by atoms with Crippen LogP contribution in [0.1, 0.15) is 0 Å². The lowest BCUT2D eigenvalue weighted by molar-refractivity contribution is 1.21. The van der Waals surface area contributed by atoms with Gasteiger partial charge in [-0.2, -0.15) is 0 Å². The van der Waals surface area contributed by atoms with Gasteiger partial charge in [-0.05, 0) is 18.2 Å². The fourth-order valence-electron chi connectivity index (χ4n) is 1.69. The molecule has 18 heavy (non-hydrogen) atoms. The molecule has 0 atom stereocenters. The molecule has 3 rings (SSSR count). The topological polar surface area (TPSA) is 38.7 Å². The van der Waals surface area contributed by atoms with Crippen LogP contribution in [0.4, 0.5) is 0 Å². The Morgan fingerprint density at radius 1 is 1.11 bits per heavy atom. The van der Waals surface area contributed by atoms with Crippen LogP contribution in [0.2, 0.25) is 5.15 Å². The second kappa shape index (κ2) is 4.63. The summed E-state index contributed by atoms with van der Waals surface area (Å²) in [6.45, 7) is 0. The number of fused-ring (bicyclic) bond motifs is 1. The van der Waals surface area contributed by atoms with E-state index in [0.717, 1.165) is 15.4 Å². The van der Waals surface area contributed by atoms with E-state index in [-0.39, 0.29) is 0 Å². The lowest BCUT2D eigenvalue weighted by Crippen LogP contribution is -1.91. The zero-order valence-corrected chi connectivity index (χ0v) is 11.5. The van der Waals surface area contributed by atoms with Crippen LogP contribution in [0.25, 0.3) is 22.3 Å². The molecule has 0 N–H and O–H groups in total. The molecule has 0 fully saturated rings. The van der Waals surface area contributed by atoms with Crippen molar-refractivity contribution in [1.29, 1.82) is 0 Å². The molecule has 0 bridgehead atoms. The highest BCUT2D eigenvalue weighted by molar-refractivity contribution is 9.10. The summed E-state index contributed by atoms with van der Waals surface area (Å²) in [6.07, 6.45) is 3.40. The zero-order valence-electron chi connectivity index (χ0n) is 9.14. The van der Waals surface area contributed by atoms with Crippen LogP contribution in [0, 0.1) is 0 Å². The molecule has 0 aliphatic heterocycles. The normalized spacial score (nSPS) is 10.8. The van der Waals surface area contributed by atoms with Crippen molar-refractivity contribution < 1.29 is 0 Å². The van der Waals surface area contributed by atoms with Gasteiger partial charge in [0.25, 0.3) is 0 Å². The van der Waals surface area contributed by atoms with E-state index in [4.69, 9.17) is 11.6 Å². The second-order valence-corrected chi connectivity index (χ2v) is 5.02. The lowest BCUT2D eigenvalue weighted by Gasteiger charge is -2.03. The number of nitrogens with zero attached hydrogens (tertiary/aromatic N) is 3. The molecular formula is C13H7BrClN3. The van der Waals surface area contributed by atoms with Gasteiger partial charge in [-0.15, -0.1) is 0 Å². The predicted molar refractivity (Wildman–Crippen MR) is 75.5 cm³/mol. The molecule has 88 valence electrons. The van der Waals surface area contributed by atoms with Gasteiger partial charge in [0.05, 0.1) is 0 Å². The molecule has 3 aromatic rings. The molecule has 0 radical (unpaired) electrons. The molecule has 0 spiro atoms. The quantitative estimate of drug-likeness (QED) is 0.633. The monoisotopic (exact) mass is 319 g/mol. The highest BCUT2D eigenvalue weighted by atomic mass is 79.9. The van der Waals surface area contributed by atoms with E-state index in [2.05, 4.69) is 30.9 Å². The Balaban J connectivity index is 2.22. The van der Waals surface area contributed by atoms with E-state index >= 15 is 0 Å². The Morgan fingerprint density at radius 2 is 2.00 bits per heavy atom. The summed E-state index contributed by atoms with van der Waals surface area (Å²) in [6, 6.07) is 9.66. The summed E-state index contributed by atoms with van der Waals surface area (Å²) in [7, 11) is 0. The molecule has 1 aromatic carbocycles. The molecule has 2 aromatic heterocycles. The van der Waals surface area contributed by atoms with Crippen LogP contribution >= 0.6 is 27.5 Å². The van der Waals surface area contributed by atoms with Crippen LogP contribution in [-0.4, -0.2) is 15.0 Å². The fourth-order valence-corrected chi connectivity index (χ4v) is 2.30. The molecule has 2 heterocycles. The molecule has 0 aliphatic carbocycles. The Kier molecular flexibility index (Phi) is 2.97. The minimum atomic E-state index is 0.395. The van der Waals surface area contributed by atoms with Crippen LogP contribution in [-0.2, 0) is 0 Å². The van der Waals surface area contributed by atoms with E-state index < -0.39 is 0 Å². The maximum atomic E-state index is 6.04. The first-order valence-corrected chi connectivity index (χ1v) is 6.44. The Morgan fingerprint density at radius 3 is 2.83 bits per heavy atom. The van der Waals surface area contributed by atoms with Gasteiger partial charge in [0.2, 0.25) is 0 Å². The first-order valence-electron chi connectivity index (χ1n) is 5.27. The van der Waals surface area contributed by atoms with Crippen molar-refractivity contribution in [3.63, 3.8) is 0 Å². The molecule has 0 unspecified atom stereocenters. The summed E-state index contributed by atoms with van der Waals surface area (Å²) >= 11 is 9.47. The average molecular weight is 321 g/mol. The average Bonchev–Trinajstić information content (AvgIpc) is 2.39. The van der Waals surface area contributed by atoms with Crippen molar-refractivity contribution in [3.8, 4) is 11.4 Å². The Bertz CT molecular complexity index is 730. The zero-order chi connectivity index (χ0) is 12.5. The number of rotatable bonds is 1. The number of halogens is 2. The maximum absolute atomic E-state index is 6.04. The van der Waals surface area contributed by atoms with Crippen LogP contribution in [0.3, 0.4) is 0 Å². The predicted octanol–water partition coefficient (Wildman–Crippen LogP) is 4.11. The van der Waals surface area contributed by atoms with E-state index in [0.29, 0.717) is 16.5 Å². The first-order chi connectivity index (χ1) is 8.74. The SMILES string of the molecule is Clc1nccc2cnc(-c3cccc(Br)c3)nc12. The molecule has 3 nitrogen and oxygen atoms in total. The van der Waals surface area contributed by atoms with Crippen molar-refractivity contribution in [1.82, 2.24) is 15.0 Å². The van der Waals surface area contributed by atoms with Gasteiger partial charge in [0, 0.05) is 27.8 Å². The van der Waals surface area contributed by atoms with E-state index in [1.165, 1.54) is 0 Å². The van der Waals surface area contributed by atoms with Gasteiger partial charge in [-0.3, -0.25) is 0 Å². The van der Waals surface area contributed by atoms with Gasteiger partial charge in [0.1, 0.15) is 5.52 Å². The first kappa shape index (κ1) is 11.6. The number of hydrogen-bond acceptors (Lipinski definition) is 3. The van der Waals surface area contributed by atoms with Gasteiger partial charge in [-0.25, -0.2) is 15.0 Å². The fraction of sp³-hybridized carbons (Fsp3) is 0. The largest absolute Gasteiger partial charge is 0.242 e. The molecule has 0 aliphatic rings. The van der Waals surface area contributed by atoms with Crippen LogP contribution < -0.4 is 0 Å². The molecule has 0 amide bonds. The Hall–Kier alpha value is -1.52. The standard InChI is InChI=1S/C13H7BrClN3/c14-10-3-1-2-8(6-10)13-17-7-9-4-5-16-12(15)11(9)18-13/h1-7H. The minimum absolute atomic E-state index is 0.395. The molecule has 0 saturated carbocycles. The van der Waals surface area contributed by atoms with Gasteiger partial charge < -0.3 is 0 Å². The Labute approximate surface area is 117 Å². The third kappa shape index (κ3) is 2.09. The van der Waals surface area contributed by atoms with Crippen molar-refractivity contribution in [2.75, 3.05) is 0 Å². The number of benzene rings is 1. The third-order valence-corrected chi connectivity index (χ3v) is 3.31. The van der Waals surface area contributed by atoms with Crippen molar-refractivity contribution >= 4 is 38.4 Å². The maximum Gasteiger partial charge on any atom is 0.159 e. The summed E-state index contributed by atoms with van der Waals surface area (Å²) in [5.74, 6) is 0.638. The highest BCUT2D eigenvalue weighted by Crippen LogP contribution is 2.23. The van der Waals surface area contributed by atoms with Crippen molar-refractivity contribution in [2.24, 2.45) is 0 Å².